The van der Waals surface area contributed by atoms with Gasteiger partial charge in [-0.3, -0.25) is 19.7 Å². The van der Waals surface area contributed by atoms with Gasteiger partial charge < -0.3 is 9.64 Å². The van der Waals surface area contributed by atoms with Crippen LogP contribution in [0.4, 0.5) is 0 Å². The highest BCUT2D eigenvalue weighted by atomic mass is 16.5. The predicted octanol–water partition coefficient (Wildman–Crippen LogP) is 0.823. The van der Waals surface area contributed by atoms with E-state index in [-0.39, 0.29) is 5.91 Å². The monoisotopic (exact) mass is 304 g/mol. The highest BCUT2D eigenvalue weighted by Crippen LogP contribution is 2.26. The summed E-state index contributed by atoms with van der Waals surface area (Å²) >= 11 is 0. The average molecular weight is 304 g/mol. The number of piperidine rings is 1. The summed E-state index contributed by atoms with van der Waals surface area (Å²) in [5.41, 5.74) is 2.03. The zero-order valence-corrected chi connectivity index (χ0v) is 13.2. The number of aryl methyl sites for hydroxylation is 1. The van der Waals surface area contributed by atoms with Gasteiger partial charge in [-0.2, -0.15) is 0 Å². The number of morpholine rings is 1. The predicted molar refractivity (Wildman–Crippen MR) is 82.6 cm³/mol. The highest BCUT2D eigenvalue weighted by molar-refractivity contribution is 5.78. The van der Waals surface area contributed by atoms with Crippen molar-refractivity contribution in [1.29, 1.82) is 0 Å². The molecule has 1 aromatic heterocycles. The lowest BCUT2D eigenvalue weighted by Crippen LogP contribution is -2.46. The second-order valence-electron chi connectivity index (χ2n) is 6.13. The number of nitrogens with zero attached hydrogens (tertiary/aromatic N) is 4. The minimum atomic E-state index is 0.246. The number of hydrogen-bond donors (Lipinski definition) is 0. The van der Waals surface area contributed by atoms with Crippen LogP contribution in [0.1, 0.15) is 30.1 Å². The minimum Gasteiger partial charge on any atom is -0.379 e. The van der Waals surface area contributed by atoms with E-state index in [2.05, 4.69) is 14.9 Å². The summed E-state index contributed by atoms with van der Waals surface area (Å²) in [6.07, 6.45) is 5.60. The van der Waals surface area contributed by atoms with E-state index < -0.39 is 0 Å². The van der Waals surface area contributed by atoms with Gasteiger partial charge in [0.1, 0.15) is 0 Å². The first-order valence-electron chi connectivity index (χ1n) is 8.09. The summed E-state index contributed by atoms with van der Waals surface area (Å²) in [5.74, 6) is 0.676. The van der Waals surface area contributed by atoms with E-state index >= 15 is 0 Å². The molecule has 0 aliphatic carbocycles. The first-order valence-corrected chi connectivity index (χ1v) is 8.09. The van der Waals surface area contributed by atoms with Crippen molar-refractivity contribution in [1.82, 2.24) is 19.8 Å². The summed E-state index contributed by atoms with van der Waals surface area (Å²) in [5, 5.41) is 0. The molecule has 1 aromatic rings. The van der Waals surface area contributed by atoms with Crippen molar-refractivity contribution in [2.24, 2.45) is 0 Å². The zero-order valence-electron chi connectivity index (χ0n) is 13.2. The van der Waals surface area contributed by atoms with Crippen molar-refractivity contribution < 1.29 is 9.53 Å². The average Bonchev–Trinajstić information content (AvgIpc) is 2.56. The Labute approximate surface area is 131 Å². The van der Waals surface area contributed by atoms with Crippen LogP contribution in [0.2, 0.25) is 0 Å². The Bertz CT molecular complexity index is 509. The Balaban J connectivity index is 1.49. The number of ether oxygens (including phenoxy) is 1. The van der Waals surface area contributed by atoms with Gasteiger partial charge in [0.05, 0.1) is 31.1 Å². The fourth-order valence-electron chi connectivity index (χ4n) is 3.15. The molecule has 6 heteroatoms. The fraction of sp³-hybridized carbons (Fsp3) is 0.688. The van der Waals surface area contributed by atoms with Gasteiger partial charge in [0.15, 0.2) is 0 Å². The second-order valence-corrected chi connectivity index (χ2v) is 6.13. The quantitative estimate of drug-likeness (QED) is 0.827. The van der Waals surface area contributed by atoms with Gasteiger partial charge in [0.2, 0.25) is 5.91 Å². The van der Waals surface area contributed by atoms with Gasteiger partial charge in [0, 0.05) is 44.5 Å². The Morgan fingerprint density at radius 2 is 1.95 bits per heavy atom. The van der Waals surface area contributed by atoms with Crippen LogP contribution in [0.5, 0.6) is 0 Å². The third-order valence-corrected chi connectivity index (χ3v) is 4.50. The Kier molecular flexibility index (Phi) is 5.00. The van der Waals surface area contributed by atoms with Gasteiger partial charge in [-0.1, -0.05) is 0 Å². The molecule has 6 nitrogen and oxygen atoms in total. The van der Waals surface area contributed by atoms with E-state index in [1.165, 1.54) is 0 Å². The lowest BCUT2D eigenvalue weighted by atomic mass is 9.93. The molecule has 0 bridgehead atoms. The maximum Gasteiger partial charge on any atom is 0.236 e. The molecule has 2 aliphatic heterocycles. The summed E-state index contributed by atoms with van der Waals surface area (Å²) < 4.78 is 5.32. The van der Waals surface area contributed by atoms with E-state index in [0.29, 0.717) is 12.5 Å². The summed E-state index contributed by atoms with van der Waals surface area (Å²) in [7, 11) is 0. The van der Waals surface area contributed by atoms with Crippen molar-refractivity contribution in [2.75, 3.05) is 45.9 Å². The lowest BCUT2D eigenvalue weighted by Gasteiger charge is -2.34. The Morgan fingerprint density at radius 1 is 1.23 bits per heavy atom. The molecule has 2 fully saturated rings. The third-order valence-electron chi connectivity index (χ3n) is 4.50. The van der Waals surface area contributed by atoms with Crippen molar-refractivity contribution in [2.45, 2.75) is 25.7 Å². The maximum atomic E-state index is 12.4. The number of carbonyl (C=O) groups is 1. The van der Waals surface area contributed by atoms with E-state index in [9.17, 15) is 4.79 Å². The molecular formula is C16H24N4O2. The van der Waals surface area contributed by atoms with Crippen LogP contribution in [0, 0.1) is 6.92 Å². The molecule has 0 N–H and O–H groups in total. The number of amides is 1. The molecule has 3 rings (SSSR count). The van der Waals surface area contributed by atoms with Crippen LogP contribution < -0.4 is 0 Å². The highest BCUT2D eigenvalue weighted by Gasteiger charge is 2.26. The molecule has 0 aromatic carbocycles. The number of aromatic nitrogens is 2. The number of carbonyl (C=O) groups excluding carboxylic acids is 1. The van der Waals surface area contributed by atoms with Crippen molar-refractivity contribution in [3.8, 4) is 0 Å². The van der Waals surface area contributed by atoms with E-state index in [4.69, 9.17) is 4.74 Å². The Hall–Kier alpha value is -1.53. The first kappa shape index (κ1) is 15.4. The largest absolute Gasteiger partial charge is 0.379 e. The maximum absolute atomic E-state index is 12.4. The molecule has 0 unspecified atom stereocenters. The van der Waals surface area contributed by atoms with Crippen LogP contribution in [-0.2, 0) is 9.53 Å². The van der Waals surface area contributed by atoms with Crippen LogP contribution in [0.25, 0.3) is 0 Å². The molecule has 0 saturated carbocycles. The molecular weight excluding hydrogens is 280 g/mol. The number of likely N-dealkylation sites (tertiary alicyclic amines) is 1. The minimum absolute atomic E-state index is 0.246. The van der Waals surface area contributed by atoms with Gasteiger partial charge >= 0.3 is 0 Å². The van der Waals surface area contributed by atoms with Crippen LogP contribution in [0.15, 0.2) is 12.4 Å². The molecule has 0 spiro atoms. The van der Waals surface area contributed by atoms with Crippen molar-refractivity contribution in [3.05, 3.63) is 23.8 Å². The first-order chi connectivity index (χ1) is 10.7. The molecule has 120 valence electrons. The van der Waals surface area contributed by atoms with Gasteiger partial charge in [-0.15, -0.1) is 0 Å². The third kappa shape index (κ3) is 3.81. The number of hydrogen-bond acceptors (Lipinski definition) is 5. The molecule has 1 amide bonds. The summed E-state index contributed by atoms with van der Waals surface area (Å²) in [6, 6.07) is 0. The topological polar surface area (TPSA) is 58.6 Å². The van der Waals surface area contributed by atoms with Gasteiger partial charge in [-0.25, -0.2) is 0 Å². The summed E-state index contributed by atoms with van der Waals surface area (Å²) in [6.45, 7) is 7.34. The molecule has 22 heavy (non-hydrogen) atoms. The lowest BCUT2D eigenvalue weighted by molar-refractivity contribution is -0.134. The molecule has 0 radical (unpaired) electrons. The van der Waals surface area contributed by atoms with E-state index in [1.54, 1.807) is 6.20 Å². The van der Waals surface area contributed by atoms with Crippen LogP contribution >= 0.6 is 0 Å². The van der Waals surface area contributed by atoms with E-state index in [1.807, 2.05) is 18.0 Å². The normalized spacial score (nSPS) is 21.0. The second kappa shape index (κ2) is 7.15. The Morgan fingerprint density at radius 3 is 2.64 bits per heavy atom. The van der Waals surface area contributed by atoms with Crippen LogP contribution in [-0.4, -0.2) is 71.6 Å². The zero-order chi connectivity index (χ0) is 15.4. The molecule has 2 saturated heterocycles. The summed E-state index contributed by atoms with van der Waals surface area (Å²) in [4.78, 5) is 25.4. The SMILES string of the molecule is Cc1cncc(C2CCN(C(=O)CN3CCOCC3)CC2)n1. The smallest absolute Gasteiger partial charge is 0.236 e. The van der Waals surface area contributed by atoms with Gasteiger partial charge in [0.25, 0.3) is 0 Å². The fourth-order valence-corrected chi connectivity index (χ4v) is 3.15. The van der Waals surface area contributed by atoms with Crippen LogP contribution in [0.3, 0.4) is 0 Å². The van der Waals surface area contributed by atoms with Gasteiger partial charge in [-0.05, 0) is 19.8 Å². The molecule has 2 aliphatic rings. The van der Waals surface area contributed by atoms with Crippen molar-refractivity contribution in [3.63, 3.8) is 0 Å². The molecule has 0 atom stereocenters. The van der Waals surface area contributed by atoms with E-state index in [0.717, 1.165) is 63.6 Å². The molecule has 3 heterocycles. The van der Waals surface area contributed by atoms with Crippen molar-refractivity contribution >= 4 is 5.91 Å². The standard InChI is InChI=1S/C16H24N4O2/c1-13-10-17-11-15(18-13)14-2-4-20(5-3-14)16(21)12-19-6-8-22-9-7-19/h10-11,14H,2-9,12H2,1H3. The number of rotatable bonds is 3.